The zero-order valence-corrected chi connectivity index (χ0v) is 12.2. The van der Waals surface area contributed by atoms with Crippen LogP contribution in [0.1, 0.15) is 23.7 Å². The van der Waals surface area contributed by atoms with Gasteiger partial charge in [-0.3, -0.25) is 9.59 Å². The summed E-state index contributed by atoms with van der Waals surface area (Å²) < 4.78 is 27.3. The van der Waals surface area contributed by atoms with Gasteiger partial charge < -0.3 is 10.1 Å². The monoisotopic (exact) mass is 299 g/mol. The molecular weight excluding hydrogens is 282 g/mol. The summed E-state index contributed by atoms with van der Waals surface area (Å²) in [6.07, 6.45) is 1.20. The summed E-state index contributed by atoms with van der Waals surface area (Å²) >= 11 is 0. The molecule has 110 valence electrons. The summed E-state index contributed by atoms with van der Waals surface area (Å²) in [6, 6.07) is 5.59. The molecule has 0 unspecified atom stereocenters. The molecule has 0 bridgehead atoms. The number of sulfone groups is 1. The summed E-state index contributed by atoms with van der Waals surface area (Å²) in [5.74, 6) is -0.741. The Morgan fingerprint density at radius 2 is 1.80 bits per heavy atom. The second kappa shape index (κ2) is 7.04. The van der Waals surface area contributed by atoms with E-state index in [1.165, 1.54) is 24.3 Å². The summed E-state index contributed by atoms with van der Waals surface area (Å²) in [6.45, 7) is 2.19. The first-order valence-electron chi connectivity index (χ1n) is 6.08. The molecule has 0 spiro atoms. The summed E-state index contributed by atoms with van der Waals surface area (Å²) in [5.41, 5.74) is 0.334. The zero-order valence-electron chi connectivity index (χ0n) is 11.4. The summed E-state index contributed by atoms with van der Waals surface area (Å²) in [5, 5.41) is 2.56. The number of nitrogens with one attached hydrogen (secondary N) is 1. The Morgan fingerprint density at radius 3 is 2.30 bits per heavy atom. The Labute approximate surface area is 118 Å². The highest BCUT2D eigenvalue weighted by atomic mass is 32.2. The number of carbonyl (C=O) groups excluding carboxylic acids is 2. The van der Waals surface area contributed by atoms with Crippen LogP contribution in [0.15, 0.2) is 29.2 Å². The molecule has 0 radical (unpaired) electrons. The molecule has 0 saturated carbocycles. The van der Waals surface area contributed by atoms with Crippen LogP contribution in [0.4, 0.5) is 0 Å². The molecule has 0 saturated heterocycles. The lowest BCUT2D eigenvalue weighted by Crippen LogP contribution is -2.26. The second-order valence-corrected chi connectivity index (χ2v) is 6.12. The fourth-order valence-corrected chi connectivity index (χ4v) is 2.10. The van der Waals surface area contributed by atoms with Crippen LogP contribution in [-0.4, -0.2) is 39.7 Å². The summed E-state index contributed by atoms with van der Waals surface area (Å²) in [7, 11) is -3.27. The molecule has 0 atom stereocenters. The Hall–Kier alpha value is -1.89. The van der Waals surface area contributed by atoms with Crippen molar-refractivity contribution in [2.75, 3.05) is 19.4 Å². The van der Waals surface area contributed by atoms with Crippen molar-refractivity contribution < 1.29 is 22.7 Å². The Kier molecular flexibility index (Phi) is 5.69. The van der Waals surface area contributed by atoms with Crippen LogP contribution in [0.2, 0.25) is 0 Å². The van der Waals surface area contributed by atoms with E-state index in [0.717, 1.165) is 6.26 Å². The van der Waals surface area contributed by atoms with Gasteiger partial charge in [0.05, 0.1) is 17.9 Å². The Morgan fingerprint density at radius 1 is 1.20 bits per heavy atom. The minimum atomic E-state index is -3.27. The fraction of sp³-hybridized carbons (Fsp3) is 0.385. The third-order valence-electron chi connectivity index (χ3n) is 2.46. The lowest BCUT2D eigenvalue weighted by Gasteiger charge is -2.05. The molecule has 0 aliphatic heterocycles. The van der Waals surface area contributed by atoms with Gasteiger partial charge in [-0.2, -0.15) is 0 Å². The Bertz CT molecular complexity index is 577. The van der Waals surface area contributed by atoms with Crippen molar-refractivity contribution in [3.8, 4) is 0 Å². The zero-order chi connectivity index (χ0) is 15.2. The van der Waals surface area contributed by atoms with Crippen LogP contribution in [0.5, 0.6) is 0 Å². The number of rotatable bonds is 6. The van der Waals surface area contributed by atoms with Crippen molar-refractivity contribution in [3.05, 3.63) is 29.8 Å². The quantitative estimate of drug-likeness (QED) is 0.784. The fourth-order valence-electron chi connectivity index (χ4n) is 1.47. The average Bonchev–Trinajstić information content (AvgIpc) is 2.38. The molecule has 0 aliphatic rings. The minimum Gasteiger partial charge on any atom is -0.466 e. The highest BCUT2D eigenvalue weighted by Crippen LogP contribution is 2.10. The normalized spacial score (nSPS) is 10.9. The number of esters is 1. The van der Waals surface area contributed by atoms with Gasteiger partial charge in [0.25, 0.3) is 5.91 Å². The predicted molar refractivity (Wildman–Crippen MR) is 73.1 cm³/mol. The van der Waals surface area contributed by atoms with Gasteiger partial charge >= 0.3 is 5.97 Å². The Balaban J connectivity index is 2.54. The highest BCUT2D eigenvalue weighted by Gasteiger charge is 2.10. The first-order valence-corrected chi connectivity index (χ1v) is 7.97. The highest BCUT2D eigenvalue weighted by molar-refractivity contribution is 7.90. The molecule has 0 aliphatic carbocycles. The first-order chi connectivity index (χ1) is 9.34. The third kappa shape index (κ3) is 5.00. The van der Waals surface area contributed by atoms with Crippen molar-refractivity contribution in [3.63, 3.8) is 0 Å². The van der Waals surface area contributed by atoms with Crippen molar-refractivity contribution in [1.82, 2.24) is 5.32 Å². The van der Waals surface area contributed by atoms with Crippen LogP contribution in [0, 0.1) is 0 Å². The predicted octanol–water partition coefficient (Wildman–Crippen LogP) is 0.773. The molecule has 0 heterocycles. The number of carbonyl (C=O) groups is 2. The maximum Gasteiger partial charge on any atom is 0.307 e. The minimum absolute atomic E-state index is 0.0982. The topological polar surface area (TPSA) is 89.5 Å². The molecule has 1 amide bonds. The van der Waals surface area contributed by atoms with E-state index in [2.05, 4.69) is 5.32 Å². The molecule has 6 nitrogen and oxygen atoms in total. The molecule has 7 heteroatoms. The average molecular weight is 299 g/mol. The van der Waals surface area contributed by atoms with Crippen molar-refractivity contribution in [2.45, 2.75) is 18.2 Å². The molecule has 20 heavy (non-hydrogen) atoms. The van der Waals surface area contributed by atoms with E-state index in [9.17, 15) is 18.0 Å². The third-order valence-corrected chi connectivity index (χ3v) is 3.59. The first kappa shape index (κ1) is 16.2. The number of amides is 1. The van der Waals surface area contributed by atoms with Gasteiger partial charge in [-0.05, 0) is 31.2 Å². The molecule has 0 fully saturated rings. The van der Waals surface area contributed by atoms with Crippen LogP contribution in [-0.2, 0) is 19.4 Å². The van der Waals surface area contributed by atoms with Crippen molar-refractivity contribution >= 4 is 21.7 Å². The van der Waals surface area contributed by atoms with E-state index in [4.69, 9.17) is 4.74 Å². The lowest BCUT2D eigenvalue weighted by molar-refractivity contribution is -0.142. The van der Waals surface area contributed by atoms with Gasteiger partial charge in [0.15, 0.2) is 9.84 Å². The number of benzene rings is 1. The molecule has 1 N–H and O–H groups in total. The molecule has 1 aromatic carbocycles. The molecule has 1 aromatic rings. The maximum atomic E-state index is 11.7. The standard InChI is InChI=1S/C13H17NO5S/c1-3-19-12(15)8-9-14-13(16)10-4-6-11(7-5-10)20(2,17)18/h4-7H,3,8-9H2,1-2H3,(H,14,16). The van der Waals surface area contributed by atoms with Crippen LogP contribution >= 0.6 is 0 Å². The van der Waals surface area contributed by atoms with Gasteiger partial charge in [0.1, 0.15) is 0 Å². The molecular formula is C13H17NO5S. The van der Waals surface area contributed by atoms with E-state index in [1.807, 2.05) is 0 Å². The number of hydrogen-bond acceptors (Lipinski definition) is 5. The molecule has 1 rings (SSSR count). The van der Waals surface area contributed by atoms with Crippen LogP contribution in [0.25, 0.3) is 0 Å². The van der Waals surface area contributed by atoms with Gasteiger partial charge in [-0.15, -0.1) is 0 Å². The van der Waals surface area contributed by atoms with E-state index < -0.39 is 9.84 Å². The van der Waals surface area contributed by atoms with Crippen LogP contribution < -0.4 is 5.32 Å². The van der Waals surface area contributed by atoms with Gasteiger partial charge in [-0.25, -0.2) is 8.42 Å². The second-order valence-electron chi connectivity index (χ2n) is 4.11. The van der Waals surface area contributed by atoms with E-state index in [-0.39, 0.29) is 29.7 Å². The van der Waals surface area contributed by atoms with Gasteiger partial charge in [0, 0.05) is 18.4 Å². The van der Waals surface area contributed by atoms with Gasteiger partial charge in [0.2, 0.25) is 0 Å². The van der Waals surface area contributed by atoms with Crippen LogP contribution in [0.3, 0.4) is 0 Å². The van der Waals surface area contributed by atoms with E-state index in [0.29, 0.717) is 12.2 Å². The number of hydrogen-bond donors (Lipinski definition) is 1. The smallest absolute Gasteiger partial charge is 0.307 e. The van der Waals surface area contributed by atoms with E-state index in [1.54, 1.807) is 6.92 Å². The lowest BCUT2D eigenvalue weighted by atomic mass is 10.2. The summed E-state index contributed by atoms with van der Waals surface area (Å²) in [4.78, 5) is 23.0. The number of ether oxygens (including phenoxy) is 1. The van der Waals surface area contributed by atoms with Crippen molar-refractivity contribution in [2.24, 2.45) is 0 Å². The van der Waals surface area contributed by atoms with E-state index >= 15 is 0 Å². The van der Waals surface area contributed by atoms with Gasteiger partial charge in [-0.1, -0.05) is 0 Å². The SMILES string of the molecule is CCOC(=O)CCNC(=O)c1ccc(S(C)(=O)=O)cc1. The maximum absolute atomic E-state index is 11.7. The largest absolute Gasteiger partial charge is 0.466 e. The van der Waals surface area contributed by atoms with Crippen molar-refractivity contribution in [1.29, 1.82) is 0 Å². The molecule has 0 aromatic heterocycles.